The van der Waals surface area contributed by atoms with Crippen molar-refractivity contribution in [3.8, 4) is 17.0 Å². The Morgan fingerprint density at radius 2 is 1.97 bits per heavy atom. The van der Waals surface area contributed by atoms with Crippen LogP contribution in [0.15, 0.2) is 48.7 Å². The van der Waals surface area contributed by atoms with Gasteiger partial charge in [0.1, 0.15) is 5.75 Å². The van der Waals surface area contributed by atoms with Crippen molar-refractivity contribution in [3.05, 3.63) is 54.2 Å². The largest absolute Gasteiger partial charge is 0.497 e. The maximum atomic E-state index is 12.9. The molecule has 31 heavy (non-hydrogen) atoms. The standard InChI is InChI=1S/C25H27N3O2S/c1-15-5-4-6-20(16(15)2)26-24(29)18-9-12-22-23(13-18)31-25-27-21(14-28(22)25)17-7-10-19(30-3)11-8-17/h7-16,20H,4-6H2,1-3H3,(H,26,29). The molecule has 1 amide bonds. The summed E-state index contributed by atoms with van der Waals surface area (Å²) in [6, 6.07) is 14.1. The summed E-state index contributed by atoms with van der Waals surface area (Å²) < 4.78 is 8.41. The van der Waals surface area contributed by atoms with E-state index >= 15 is 0 Å². The number of carbonyl (C=O) groups excluding carboxylic acids is 1. The van der Waals surface area contributed by atoms with Crippen LogP contribution in [0.25, 0.3) is 26.4 Å². The van der Waals surface area contributed by atoms with Crippen molar-refractivity contribution >= 4 is 32.4 Å². The van der Waals surface area contributed by atoms with E-state index in [4.69, 9.17) is 9.72 Å². The highest BCUT2D eigenvalue weighted by Crippen LogP contribution is 2.32. The number of ether oxygens (including phenoxy) is 1. The number of benzene rings is 2. The molecule has 2 aromatic heterocycles. The van der Waals surface area contributed by atoms with Gasteiger partial charge < -0.3 is 10.1 Å². The van der Waals surface area contributed by atoms with Crippen molar-refractivity contribution in [2.45, 2.75) is 39.2 Å². The molecule has 160 valence electrons. The molecule has 1 fully saturated rings. The predicted octanol–water partition coefficient (Wildman–Crippen LogP) is 5.78. The lowest BCUT2D eigenvalue weighted by Crippen LogP contribution is -2.43. The summed E-state index contributed by atoms with van der Waals surface area (Å²) >= 11 is 1.61. The molecule has 1 aliphatic rings. The zero-order valence-electron chi connectivity index (χ0n) is 18.1. The summed E-state index contributed by atoms with van der Waals surface area (Å²) in [6.07, 6.45) is 5.57. The van der Waals surface area contributed by atoms with E-state index < -0.39 is 0 Å². The number of hydrogen-bond donors (Lipinski definition) is 1. The van der Waals surface area contributed by atoms with Crippen LogP contribution >= 0.6 is 11.3 Å². The molecule has 0 spiro atoms. The fourth-order valence-corrected chi connectivity index (χ4v) is 5.63. The van der Waals surface area contributed by atoms with Crippen LogP contribution in [0.3, 0.4) is 0 Å². The van der Waals surface area contributed by atoms with Gasteiger partial charge in [-0.2, -0.15) is 0 Å². The molecule has 0 saturated heterocycles. The number of fused-ring (bicyclic) bond motifs is 3. The van der Waals surface area contributed by atoms with Gasteiger partial charge in [0, 0.05) is 23.4 Å². The minimum absolute atomic E-state index is 0.0258. The number of hydrogen-bond acceptors (Lipinski definition) is 4. The number of amides is 1. The summed E-state index contributed by atoms with van der Waals surface area (Å²) in [5.41, 5.74) is 3.77. The highest BCUT2D eigenvalue weighted by Gasteiger charge is 2.28. The zero-order chi connectivity index (χ0) is 21.5. The molecule has 1 saturated carbocycles. The van der Waals surface area contributed by atoms with Crippen LogP contribution in [0.2, 0.25) is 0 Å². The van der Waals surface area contributed by atoms with Crippen LogP contribution in [0, 0.1) is 11.8 Å². The van der Waals surface area contributed by atoms with Crippen LogP contribution in [0.5, 0.6) is 5.75 Å². The predicted molar refractivity (Wildman–Crippen MR) is 126 cm³/mol. The maximum absolute atomic E-state index is 12.9. The van der Waals surface area contributed by atoms with Crippen molar-refractivity contribution < 1.29 is 9.53 Å². The first-order valence-electron chi connectivity index (χ1n) is 10.9. The normalized spacial score (nSPS) is 21.5. The highest BCUT2D eigenvalue weighted by molar-refractivity contribution is 7.23. The monoisotopic (exact) mass is 433 g/mol. The third kappa shape index (κ3) is 3.69. The molecule has 4 aromatic rings. The Balaban J connectivity index is 1.40. The second-order valence-corrected chi connectivity index (χ2v) is 9.65. The maximum Gasteiger partial charge on any atom is 0.251 e. The average molecular weight is 434 g/mol. The average Bonchev–Trinajstić information content (AvgIpc) is 3.34. The second-order valence-electron chi connectivity index (χ2n) is 8.64. The number of nitrogens with zero attached hydrogens (tertiary/aromatic N) is 2. The molecular weight excluding hydrogens is 406 g/mol. The van der Waals surface area contributed by atoms with Crippen molar-refractivity contribution in [1.29, 1.82) is 0 Å². The van der Waals surface area contributed by atoms with Gasteiger partial charge in [0.25, 0.3) is 5.91 Å². The number of aromatic nitrogens is 2. The van der Waals surface area contributed by atoms with Gasteiger partial charge in [-0.05, 0) is 60.7 Å². The fourth-order valence-electron chi connectivity index (χ4n) is 4.58. The van der Waals surface area contributed by atoms with Crippen LogP contribution in [-0.2, 0) is 0 Å². The van der Waals surface area contributed by atoms with Crippen LogP contribution in [0.4, 0.5) is 0 Å². The smallest absolute Gasteiger partial charge is 0.251 e. The van der Waals surface area contributed by atoms with E-state index in [1.807, 2.05) is 42.5 Å². The van der Waals surface area contributed by atoms with Gasteiger partial charge in [0.2, 0.25) is 0 Å². The molecule has 3 unspecified atom stereocenters. The number of rotatable bonds is 4. The Morgan fingerprint density at radius 3 is 2.74 bits per heavy atom. The summed E-state index contributed by atoms with van der Waals surface area (Å²) in [5.74, 6) is 2.03. The quantitative estimate of drug-likeness (QED) is 0.444. The van der Waals surface area contributed by atoms with Crippen LogP contribution in [0.1, 0.15) is 43.5 Å². The van der Waals surface area contributed by atoms with Crippen LogP contribution < -0.4 is 10.1 Å². The molecule has 2 heterocycles. The molecule has 5 nitrogen and oxygen atoms in total. The molecular formula is C25H27N3O2S. The Kier molecular flexibility index (Phi) is 5.18. The van der Waals surface area contributed by atoms with Gasteiger partial charge in [0.05, 0.1) is 23.0 Å². The third-order valence-corrected chi connectivity index (χ3v) is 7.78. The Bertz CT molecular complexity index is 1240. The van der Waals surface area contributed by atoms with Gasteiger partial charge in [-0.1, -0.05) is 38.0 Å². The third-order valence-electron chi connectivity index (χ3n) is 6.77. The lowest BCUT2D eigenvalue weighted by atomic mass is 9.78. The summed E-state index contributed by atoms with van der Waals surface area (Å²) in [6.45, 7) is 4.54. The highest BCUT2D eigenvalue weighted by atomic mass is 32.1. The van der Waals surface area contributed by atoms with Gasteiger partial charge >= 0.3 is 0 Å². The number of nitrogens with one attached hydrogen (secondary N) is 1. The topological polar surface area (TPSA) is 55.6 Å². The molecule has 2 aromatic carbocycles. The molecule has 5 rings (SSSR count). The Hall–Kier alpha value is -2.86. The molecule has 0 aliphatic heterocycles. The van der Waals surface area contributed by atoms with Crippen molar-refractivity contribution in [2.75, 3.05) is 7.11 Å². The van der Waals surface area contributed by atoms with Crippen molar-refractivity contribution in [2.24, 2.45) is 11.8 Å². The summed E-state index contributed by atoms with van der Waals surface area (Å²) in [4.78, 5) is 18.6. The van der Waals surface area contributed by atoms with Crippen molar-refractivity contribution in [3.63, 3.8) is 0 Å². The van der Waals surface area contributed by atoms with E-state index in [0.717, 1.165) is 44.2 Å². The first-order chi connectivity index (χ1) is 15.0. The Labute approximate surface area is 186 Å². The lowest BCUT2D eigenvalue weighted by molar-refractivity contribution is 0.0891. The summed E-state index contributed by atoms with van der Waals surface area (Å²) in [7, 11) is 1.67. The van der Waals surface area contributed by atoms with Gasteiger partial charge in [0.15, 0.2) is 4.96 Å². The number of methoxy groups -OCH3 is 1. The molecule has 1 N–H and O–H groups in total. The SMILES string of the molecule is COc1ccc(-c2cn3c(n2)sc2cc(C(=O)NC4CCCC(C)C4C)ccc23)cc1. The van der Waals surface area contributed by atoms with E-state index in [-0.39, 0.29) is 11.9 Å². The molecule has 1 aliphatic carbocycles. The van der Waals surface area contributed by atoms with E-state index in [9.17, 15) is 4.79 Å². The Morgan fingerprint density at radius 1 is 1.16 bits per heavy atom. The first kappa shape index (κ1) is 20.1. The van der Waals surface area contributed by atoms with Gasteiger partial charge in [-0.25, -0.2) is 4.98 Å². The minimum Gasteiger partial charge on any atom is -0.497 e. The summed E-state index contributed by atoms with van der Waals surface area (Å²) in [5, 5.41) is 3.28. The van der Waals surface area contributed by atoms with E-state index in [2.05, 4.69) is 29.8 Å². The minimum atomic E-state index is 0.0258. The number of thiazole rings is 1. The second kappa shape index (κ2) is 8.00. The molecule has 0 bridgehead atoms. The fraction of sp³-hybridized carbons (Fsp3) is 0.360. The molecule has 3 atom stereocenters. The van der Waals surface area contributed by atoms with Gasteiger partial charge in [-0.3, -0.25) is 9.20 Å². The van der Waals surface area contributed by atoms with Crippen molar-refractivity contribution in [1.82, 2.24) is 14.7 Å². The molecule has 0 radical (unpaired) electrons. The van der Waals surface area contributed by atoms with E-state index in [1.54, 1.807) is 18.4 Å². The number of carbonyl (C=O) groups is 1. The van der Waals surface area contributed by atoms with E-state index in [1.165, 1.54) is 12.8 Å². The molecule has 6 heteroatoms. The van der Waals surface area contributed by atoms with Crippen LogP contribution in [-0.4, -0.2) is 28.4 Å². The first-order valence-corrected chi connectivity index (χ1v) is 11.7. The zero-order valence-corrected chi connectivity index (χ0v) is 18.9. The number of imidazole rings is 1. The van der Waals surface area contributed by atoms with E-state index in [0.29, 0.717) is 11.8 Å². The lowest BCUT2D eigenvalue weighted by Gasteiger charge is -2.34. The van der Waals surface area contributed by atoms with Gasteiger partial charge in [-0.15, -0.1) is 0 Å².